The molecular formula is C8H12N2O. The zero-order valence-corrected chi connectivity index (χ0v) is 6.59. The molecule has 0 saturated heterocycles. The van der Waals surface area contributed by atoms with E-state index in [2.05, 4.69) is 10.2 Å². The van der Waals surface area contributed by atoms with Crippen molar-refractivity contribution in [1.29, 1.82) is 0 Å². The molecule has 0 unspecified atom stereocenters. The summed E-state index contributed by atoms with van der Waals surface area (Å²) < 4.78 is 0. The highest BCUT2D eigenvalue weighted by Crippen LogP contribution is 2.26. The zero-order valence-electron chi connectivity index (χ0n) is 6.59. The molecule has 1 aliphatic rings. The fourth-order valence-corrected chi connectivity index (χ4v) is 1.69. The quantitative estimate of drug-likeness (QED) is 0.629. The number of aromatic amines is 1. The molecule has 0 saturated carbocycles. The summed E-state index contributed by atoms with van der Waals surface area (Å²) >= 11 is 0. The lowest BCUT2D eigenvalue weighted by molar-refractivity contribution is 0.193. The predicted molar refractivity (Wildman–Crippen MR) is 41.2 cm³/mol. The summed E-state index contributed by atoms with van der Waals surface area (Å²) in [5.74, 6) is 0. The van der Waals surface area contributed by atoms with Crippen LogP contribution in [-0.4, -0.2) is 15.3 Å². The molecule has 60 valence electrons. The van der Waals surface area contributed by atoms with Gasteiger partial charge in [-0.15, -0.1) is 0 Å². The lowest BCUT2D eigenvalue weighted by Crippen LogP contribution is -1.95. The van der Waals surface area contributed by atoms with Crippen LogP contribution in [-0.2, 0) is 12.8 Å². The van der Waals surface area contributed by atoms with Crippen molar-refractivity contribution in [2.75, 3.05) is 0 Å². The highest BCUT2D eigenvalue weighted by molar-refractivity contribution is 5.30. The molecule has 2 N–H and O–H groups in total. The maximum atomic E-state index is 9.29. The van der Waals surface area contributed by atoms with Crippen LogP contribution in [0.4, 0.5) is 0 Å². The van der Waals surface area contributed by atoms with Gasteiger partial charge in [0, 0.05) is 5.69 Å². The topological polar surface area (TPSA) is 48.9 Å². The van der Waals surface area contributed by atoms with E-state index in [4.69, 9.17) is 0 Å². The van der Waals surface area contributed by atoms with Crippen molar-refractivity contribution in [3.05, 3.63) is 17.0 Å². The third-order valence-electron chi connectivity index (χ3n) is 2.23. The Morgan fingerprint density at radius 3 is 3.09 bits per heavy atom. The van der Waals surface area contributed by atoms with Crippen LogP contribution in [0.1, 0.15) is 36.4 Å². The molecule has 3 nitrogen and oxygen atoms in total. The van der Waals surface area contributed by atoms with Crippen LogP contribution in [0.25, 0.3) is 0 Å². The Balaban J connectivity index is 2.42. The molecule has 3 heteroatoms. The maximum absolute atomic E-state index is 9.29. The second-order valence-electron chi connectivity index (χ2n) is 3.10. The molecule has 0 bridgehead atoms. The van der Waals surface area contributed by atoms with Crippen molar-refractivity contribution in [2.45, 2.75) is 32.3 Å². The van der Waals surface area contributed by atoms with Gasteiger partial charge in [0.2, 0.25) is 0 Å². The number of aliphatic hydroxyl groups is 1. The van der Waals surface area contributed by atoms with Crippen LogP contribution >= 0.6 is 0 Å². The molecule has 0 spiro atoms. The van der Waals surface area contributed by atoms with E-state index in [-0.39, 0.29) is 0 Å². The van der Waals surface area contributed by atoms with E-state index in [1.165, 1.54) is 17.7 Å². The smallest absolute Gasteiger partial charge is 0.0953 e. The van der Waals surface area contributed by atoms with Gasteiger partial charge >= 0.3 is 0 Å². The van der Waals surface area contributed by atoms with Crippen LogP contribution in [0, 0.1) is 0 Å². The third-order valence-corrected chi connectivity index (χ3v) is 2.23. The highest BCUT2D eigenvalue weighted by atomic mass is 16.3. The molecule has 1 aromatic rings. The molecule has 0 radical (unpaired) electrons. The van der Waals surface area contributed by atoms with Crippen molar-refractivity contribution >= 4 is 0 Å². The molecule has 2 rings (SSSR count). The van der Waals surface area contributed by atoms with Gasteiger partial charge < -0.3 is 5.11 Å². The minimum Gasteiger partial charge on any atom is -0.387 e. The van der Waals surface area contributed by atoms with Gasteiger partial charge in [-0.3, -0.25) is 5.10 Å². The Bertz CT molecular complexity index is 265. The Hall–Kier alpha value is -0.830. The van der Waals surface area contributed by atoms with Gasteiger partial charge in [-0.25, -0.2) is 0 Å². The fourth-order valence-electron chi connectivity index (χ4n) is 1.69. The Labute approximate surface area is 65.4 Å². The highest BCUT2D eigenvalue weighted by Gasteiger charge is 2.20. The van der Waals surface area contributed by atoms with Gasteiger partial charge in [0.25, 0.3) is 0 Å². The van der Waals surface area contributed by atoms with E-state index in [1.807, 2.05) is 0 Å². The van der Waals surface area contributed by atoms with Crippen molar-refractivity contribution in [3.63, 3.8) is 0 Å². The predicted octanol–water partition coefficient (Wildman–Crippen LogP) is 0.952. The number of hydrogen-bond donors (Lipinski definition) is 2. The van der Waals surface area contributed by atoms with E-state index in [0.29, 0.717) is 0 Å². The van der Waals surface area contributed by atoms with Gasteiger partial charge in [-0.05, 0) is 31.7 Å². The maximum Gasteiger partial charge on any atom is 0.0953 e. The number of rotatable bonds is 1. The first-order valence-corrected chi connectivity index (χ1v) is 4.03. The number of aliphatic hydroxyl groups excluding tert-OH is 1. The van der Waals surface area contributed by atoms with Gasteiger partial charge in [-0.2, -0.15) is 5.10 Å². The van der Waals surface area contributed by atoms with Crippen LogP contribution in [0.15, 0.2) is 0 Å². The average Bonchev–Trinajstić information content (AvgIpc) is 2.41. The fraction of sp³-hybridized carbons (Fsp3) is 0.625. The Morgan fingerprint density at radius 2 is 2.36 bits per heavy atom. The van der Waals surface area contributed by atoms with E-state index in [0.717, 1.165) is 18.5 Å². The summed E-state index contributed by atoms with van der Waals surface area (Å²) in [6.07, 6.45) is 2.94. The second-order valence-corrected chi connectivity index (χ2v) is 3.10. The largest absolute Gasteiger partial charge is 0.387 e. The summed E-state index contributed by atoms with van der Waals surface area (Å²) in [5.41, 5.74) is 3.32. The lowest BCUT2D eigenvalue weighted by Gasteiger charge is -2.00. The van der Waals surface area contributed by atoms with E-state index < -0.39 is 6.10 Å². The molecule has 1 atom stereocenters. The normalized spacial score (nSPS) is 18.4. The minimum atomic E-state index is -0.423. The monoisotopic (exact) mass is 152 g/mol. The molecule has 1 aliphatic carbocycles. The minimum absolute atomic E-state index is 0.423. The third kappa shape index (κ3) is 0.959. The number of fused-ring (bicyclic) bond motifs is 1. The first-order chi connectivity index (χ1) is 5.29. The zero-order chi connectivity index (χ0) is 7.84. The van der Waals surface area contributed by atoms with Crippen molar-refractivity contribution in [2.24, 2.45) is 0 Å². The molecule has 0 fully saturated rings. The summed E-state index contributed by atoms with van der Waals surface area (Å²) in [6, 6.07) is 0. The first-order valence-electron chi connectivity index (χ1n) is 4.03. The Kier molecular flexibility index (Phi) is 1.46. The molecule has 0 aliphatic heterocycles. The van der Waals surface area contributed by atoms with Gasteiger partial charge in [0.05, 0.1) is 11.8 Å². The Morgan fingerprint density at radius 1 is 1.55 bits per heavy atom. The number of hydrogen-bond acceptors (Lipinski definition) is 2. The van der Waals surface area contributed by atoms with Gasteiger partial charge in [-0.1, -0.05) is 0 Å². The van der Waals surface area contributed by atoms with Crippen molar-refractivity contribution in [1.82, 2.24) is 10.2 Å². The van der Waals surface area contributed by atoms with Crippen LogP contribution in [0.2, 0.25) is 0 Å². The van der Waals surface area contributed by atoms with Crippen LogP contribution in [0.3, 0.4) is 0 Å². The number of nitrogens with one attached hydrogen (secondary N) is 1. The average molecular weight is 152 g/mol. The van der Waals surface area contributed by atoms with E-state index in [9.17, 15) is 5.11 Å². The summed E-state index contributed by atoms with van der Waals surface area (Å²) in [7, 11) is 0. The van der Waals surface area contributed by atoms with E-state index in [1.54, 1.807) is 6.92 Å². The standard InChI is InChI=1S/C8H12N2O/c1-5(11)8-6-3-2-4-7(6)9-10-8/h5,11H,2-4H2,1H3,(H,9,10)/t5-/m0/s1. The van der Waals surface area contributed by atoms with Crippen LogP contribution < -0.4 is 0 Å². The van der Waals surface area contributed by atoms with Gasteiger partial charge in [0.1, 0.15) is 0 Å². The number of aromatic nitrogens is 2. The summed E-state index contributed by atoms with van der Waals surface area (Å²) in [6.45, 7) is 1.76. The first kappa shape index (κ1) is 6.85. The van der Waals surface area contributed by atoms with Crippen molar-refractivity contribution in [3.8, 4) is 0 Å². The summed E-state index contributed by atoms with van der Waals surface area (Å²) in [5, 5.41) is 16.3. The molecule has 0 amide bonds. The molecule has 1 aromatic heterocycles. The second kappa shape index (κ2) is 2.34. The number of nitrogens with zero attached hydrogens (tertiary/aromatic N) is 1. The summed E-state index contributed by atoms with van der Waals surface area (Å²) in [4.78, 5) is 0. The molecule has 11 heavy (non-hydrogen) atoms. The van der Waals surface area contributed by atoms with Gasteiger partial charge in [0.15, 0.2) is 0 Å². The molecule has 0 aromatic carbocycles. The molecular weight excluding hydrogens is 140 g/mol. The van der Waals surface area contributed by atoms with E-state index >= 15 is 0 Å². The SMILES string of the molecule is C[C@H](O)c1n[nH]c2c1CCC2. The van der Waals surface area contributed by atoms with Crippen LogP contribution in [0.5, 0.6) is 0 Å². The number of aryl methyl sites for hydroxylation is 1. The molecule has 1 heterocycles. The lowest BCUT2D eigenvalue weighted by atomic mass is 10.1. The number of H-pyrrole nitrogens is 1. The van der Waals surface area contributed by atoms with Crippen molar-refractivity contribution < 1.29 is 5.11 Å².